The van der Waals surface area contributed by atoms with Gasteiger partial charge in [0.1, 0.15) is 0 Å². The molecule has 1 fully saturated rings. The van der Waals surface area contributed by atoms with Crippen LogP contribution in [0.1, 0.15) is 34.8 Å². The van der Waals surface area contributed by atoms with E-state index in [2.05, 4.69) is 34.5 Å². The molecule has 0 spiro atoms. The van der Waals surface area contributed by atoms with Crippen molar-refractivity contribution in [1.29, 1.82) is 0 Å². The molecule has 1 aliphatic heterocycles. The van der Waals surface area contributed by atoms with Crippen molar-refractivity contribution in [2.45, 2.75) is 32.5 Å². The summed E-state index contributed by atoms with van der Waals surface area (Å²) in [7, 11) is 0. The molecule has 3 N–H and O–H groups in total. The van der Waals surface area contributed by atoms with Crippen LogP contribution < -0.4 is 11.1 Å². The average Bonchev–Trinajstić information content (AvgIpc) is 3.16. The van der Waals surface area contributed by atoms with Gasteiger partial charge in [0.2, 0.25) is 0 Å². The van der Waals surface area contributed by atoms with Crippen LogP contribution in [0.3, 0.4) is 0 Å². The van der Waals surface area contributed by atoms with Gasteiger partial charge in [0.25, 0.3) is 5.91 Å². The molecule has 0 aliphatic carbocycles. The molecule has 0 saturated carbocycles. The molecule has 3 rings (SSSR count). The Kier molecular flexibility index (Phi) is 6.66. The van der Waals surface area contributed by atoms with Crippen LogP contribution in [-0.4, -0.2) is 47.4 Å². The average molecular weight is 380 g/mol. The maximum atomic E-state index is 13.0. The van der Waals surface area contributed by atoms with Gasteiger partial charge in [0.05, 0.1) is 0 Å². The normalized spacial score (nSPS) is 16.7. The SMILES string of the molecule is CCN(C(=O)c1ccc(CNC(N)=O)cc1)C1CCN(Cc2ccccc2)C1. The lowest BCUT2D eigenvalue weighted by Gasteiger charge is -2.28. The van der Waals surface area contributed by atoms with Gasteiger partial charge < -0.3 is 16.0 Å². The number of hydrogen-bond donors (Lipinski definition) is 2. The molecule has 3 amide bonds. The van der Waals surface area contributed by atoms with E-state index in [-0.39, 0.29) is 11.9 Å². The first kappa shape index (κ1) is 19.9. The number of hydrogen-bond acceptors (Lipinski definition) is 3. The van der Waals surface area contributed by atoms with Crippen LogP contribution in [0.5, 0.6) is 0 Å². The van der Waals surface area contributed by atoms with Crippen molar-refractivity contribution in [3.8, 4) is 0 Å². The summed E-state index contributed by atoms with van der Waals surface area (Å²) in [6.45, 7) is 5.90. The van der Waals surface area contributed by atoms with Gasteiger partial charge in [-0.05, 0) is 36.6 Å². The highest BCUT2D eigenvalue weighted by Crippen LogP contribution is 2.20. The first-order chi connectivity index (χ1) is 13.6. The molecule has 6 heteroatoms. The van der Waals surface area contributed by atoms with Crippen LogP contribution in [0.4, 0.5) is 4.79 Å². The number of nitrogens with zero attached hydrogens (tertiary/aromatic N) is 2. The molecule has 2 aromatic carbocycles. The van der Waals surface area contributed by atoms with E-state index in [9.17, 15) is 9.59 Å². The molecule has 1 aliphatic rings. The molecule has 1 unspecified atom stereocenters. The van der Waals surface area contributed by atoms with Crippen LogP contribution in [-0.2, 0) is 13.1 Å². The Hall–Kier alpha value is -2.86. The van der Waals surface area contributed by atoms with Gasteiger partial charge in [-0.15, -0.1) is 0 Å². The Morgan fingerprint density at radius 2 is 1.82 bits per heavy atom. The summed E-state index contributed by atoms with van der Waals surface area (Å²) in [5.74, 6) is 0.0588. The largest absolute Gasteiger partial charge is 0.352 e. The summed E-state index contributed by atoms with van der Waals surface area (Å²) >= 11 is 0. The van der Waals surface area contributed by atoms with E-state index >= 15 is 0 Å². The van der Waals surface area contributed by atoms with Crippen LogP contribution in [0.15, 0.2) is 54.6 Å². The number of amides is 3. The predicted molar refractivity (Wildman–Crippen MR) is 110 cm³/mol. The summed E-state index contributed by atoms with van der Waals surface area (Å²) < 4.78 is 0. The van der Waals surface area contributed by atoms with E-state index in [1.54, 1.807) is 0 Å². The van der Waals surface area contributed by atoms with Crippen LogP contribution in [0.25, 0.3) is 0 Å². The molecule has 28 heavy (non-hydrogen) atoms. The number of primary amides is 1. The zero-order valence-corrected chi connectivity index (χ0v) is 16.3. The van der Waals surface area contributed by atoms with Crippen molar-refractivity contribution in [3.63, 3.8) is 0 Å². The van der Waals surface area contributed by atoms with Crippen LogP contribution >= 0.6 is 0 Å². The van der Waals surface area contributed by atoms with E-state index < -0.39 is 6.03 Å². The number of nitrogens with one attached hydrogen (secondary N) is 1. The summed E-state index contributed by atoms with van der Waals surface area (Å²) in [5.41, 5.74) is 7.98. The second-order valence-electron chi connectivity index (χ2n) is 7.17. The third-order valence-corrected chi connectivity index (χ3v) is 5.21. The van der Waals surface area contributed by atoms with Gasteiger partial charge in [0, 0.05) is 44.3 Å². The van der Waals surface area contributed by atoms with E-state index in [1.165, 1.54) is 5.56 Å². The Balaban J connectivity index is 1.59. The van der Waals surface area contributed by atoms with Gasteiger partial charge in [-0.2, -0.15) is 0 Å². The zero-order chi connectivity index (χ0) is 19.9. The van der Waals surface area contributed by atoms with Crippen LogP contribution in [0, 0.1) is 0 Å². The standard InChI is InChI=1S/C22H28N4O2/c1-2-26(20-12-13-25(16-20)15-18-6-4-3-5-7-18)21(27)19-10-8-17(9-11-19)14-24-22(23)28/h3-11,20H,2,12-16H2,1H3,(H3,23,24,28). The number of rotatable bonds is 7. The second kappa shape index (κ2) is 9.37. The fraction of sp³-hybridized carbons (Fsp3) is 0.364. The highest BCUT2D eigenvalue weighted by atomic mass is 16.2. The minimum atomic E-state index is -0.557. The number of carbonyl (C=O) groups is 2. The summed E-state index contributed by atoms with van der Waals surface area (Å²) in [4.78, 5) is 28.2. The topological polar surface area (TPSA) is 78.7 Å². The first-order valence-electron chi connectivity index (χ1n) is 9.76. The Labute approximate surface area is 166 Å². The number of urea groups is 1. The van der Waals surface area contributed by atoms with E-state index in [0.717, 1.165) is 31.6 Å². The minimum Gasteiger partial charge on any atom is -0.352 e. The van der Waals surface area contributed by atoms with E-state index in [4.69, 9.17) is 5.73 Å². The molecule has 2 aromatic rings. The molecular formula is C22H28N4O2. The van der Waals surface area contributed by atoms with Gasteiger partial charge in [-0.3, -0.25) is 9.69 Å². The molecular weight excluding hydrogens is 352 g/mol. The smallest absolute Gasteiger partial charge is 0.312 e. The van der Waals surface area contributed by atoms with Crippen molar-refractivity contribution < 1.29 is 9.59 Å². The third-order valence-electron chi connectivity index (χ3n) is 5.21. The fourth-order valence-electron chi connectivity index (χ4n) is 3.74. The van der Waals surface area contributed by atoms with Crippen molar-refractivity contribution >= 4 is 11.9 Å². The number of carbonyl (C=O) groups excluding carboxylic acids is 2. The Morgan fingerprint density at radius 1 is 1.11 bits per heavy atom. The van der Waals surface area contributed by atoms with Gasteiger partial charge in [-0.1, -0.05) is 42.5 Å². The maximum Gasteiger partial charge on any atom is 0.312 e. The molecule has 148 valence electrons. The molecule has 1 atom stereocenters. The lowest BCUT2D eigenvalue weighted by atomic mass is 10.1. The molecule has 1 saturated heterocycles. The Morgan fingerprint density at radius 3 is 2.46 bits per heavy atom. The minimum absolute atomic E-state index is 0.0588. The van der Waals surface area contributed by atoms with E-state index in [0.29, 0.717) is 18.7 Å². The van der Waals surface area contributed by atoms with Crippen molar-refractivity contribution in [2.24, 2.45) is 5.73 Å². The lowest BCUT2D eigenvalue weighted by Crippen LogP contribution is -2.41. The highest BCUT2D eigenvalue weighted by molar-refractivity contribution is 5.94. The van der Waals surface area contributed by atoms with Crippen molar-refractivity contribution in [1.82, 2.24) is 15.1 Å². The van der Waals surface area contributed by atoms with Crippen molar-refractivity contribution in [2.75, 3.05) is 19.6 Å². The quantitative estimate of drug-likeness (QED) is 0.775. The number of likely N-dealkylation sites (tertiary alicyclic amines) is 1. The summed E-state index contributed by atoms with van der Waals surface area (Å²) in [6, 6.07) is 17.5. The number of benzene rings is 2. The molecule has 0 aromatic heterocycles. The summed E-state index contributed by atoms with van der Waals surface area (Å²) in [5, 5.41) is 2.55. The van der Waals surface area contributed by atoms with Gasteiger partial charge in [-0.25, -0.2) is 4.79 Å². The molecule has 6 nitrogen and oxygen atoms in total. The second-order valence-corrected chi connectivity index (χ2v) is 7.17. The first-order valence-corrected chi connectivity index (χ1v) is 9.76. The fourth-order valence-corrected chi connectivity index (χ4v) is 3.74. The zero-order valence-electron chi connectivity index (χ0n) is 16.3. The van der Waals surface area contributed by atoms with Crippen molar-refractivity contribution in [3.05, 3.63) is 71.3 Å². The monoisotopic (exact) mass is 380 g/mol. The lowest BCUT2D eigenvalue weighted by molar-refractivity contribution is 0.0693. The highest BCUT2D eigenvalue weighted by Gasteiger charge is 2.30. The van der Waals surface area contributed by atoms with Gasteiger partial charge in [0.15, 0.2) is 0 Å². The molecule has 0 radical (unpaired) electrons. The van der Waals surface area contributed by atoms with Gasteiger partial charge >= 0.3 is 6.03 Å². The maximum absolute atomic E-state index is 13.0. The molecule has 0 bridgehead atoms. The number of likely N-dealkylation sites (N-methyl/N-ethyl adjacent to an activating group) is 1. The Bertz CT molecular complexity index is 792. The summed E-state index contributed by atoms with van der Waals surface area (Å²) in [6.07, 6.45) is 0.993. The third kappa shape index (κ3) is 5.10. The number of nitrogens with two attached hydrogens (primary N) is 1. The van der Waals surface area contributed by atoms with Crippen LogP contribution in [0.2, 0.25) is 0 Å². The predicted octanol–water partition coefficient (Wildman–Crippen LogP) is 2.59. The van der Waals surface area contributed by atoms with E-state index in [1.807, 2.05) is 42.2 Å². The molecule has 1 heterocycles.